The summed E-state index contributed by atoms with van der Waals surface area (Å²) in [6, 6.07) is 7.55. The fourth-order valence-electron chi connectivity index (χ4n) is 1.63. The van der Waals surface area contributed by atoms with Gasteiger partial charge >= 0.3 is 0 Å². The van der Waals surface area contributed by atoms with Crippen molar-refractivity contribution in [2.75, 3.05) is 20.3 Å². The summed E-state index contributed by atoms with van der Waals surface area (Å²) in [5.41, 5.74) is 1.88. The number of ether oxygens (including phenoxy) is 1. The zero-order chi connectivity index (χ0) is 13.5. The highest BCUT2D eigenvalue weighted by molar-refractivity contribution is 6.33. The van der Waals surface area contributed by atoms with Gasteiger partial charge in [-0.05, 0) is 12.1 Å². The molecule has 0 bridgehead atoms. The second-order valence-electron chi connectivity index (χ2n) is 4.06. The third-order valence-corrected chi connectivity index (χ3v) is 2.96. The first kappa shape index (κ1) is 13.9. The van der Waals surface area contributed by atoms with Gasteiger partial charge in [-0.15, -0.1) is 0 Å². The van der Waals surface area contributed by atoms with E-state index in [9.17, 15) is 0 Å². The minimum atomic E-state index is 0.645. The van der Waals surface area contributed by atoms with E-state index >= 15 is 0 Å². The van der Waals surface area contributed by atoms with Gasteiger partial charge in [0.1, 0.15) is 0 Å². The summed E-state index contributed by atoms with van der Waals surface area (Å²) in [7, 11) is 1.68. The summed E-state index contributed by atoms with van der Waals surface area (Å²) in [4.78, 5) is 8.68. The molecule has 1 N–H and O–H groups in total. The molecule has 5 heteroatoms. The number of nitrogens with zero attached hydrogens (tertiary/aromatic N) is 2. The molecule has 0 aliphatic carbocycles. The van der Waals surface area contributed by atoms with E-state index in [0.717, 1.165) is 24.2 Å². The van der Waals surface area contributed by atoms with E-state index in [4.69, 9.17) is 16.3 Å². The molecule has 0 unspecified atom stereocenters. The molecule has 0 fully saturated rings. The lowest BCUT2D eigenvalue weighted by atomic mass is 10.2. The lowest BCUT2D eigenvalue weighted by Gasteiger charge is -2.05. The SMILES string of the molecule is COCCNCc1cnc(-c2ccccc2Cl)nc1. The van der Waals surface area contributed by atoms with Crippen LogP contribution in [0, 0.1) is 0 Å². The average molecular weight is 278 g/mol. The van der Waals surface area contributed by atoms with Gasteiger partial charge in [-0.1, -0.05) is 23.7 Å². The molecule has 2 rings (SSSR count). The minimum absolute atomic E-state index is 0.645. The first-order valence-electron chi connectivity index (χ1n) is 6.06. The van der Waals surface area contributed by atoms with Crippen LogP contribution in [0.25, 0.3) is 11.4 Å². The number of halogens is 1. The third kappa shape index (κ3) is 3.99. The summed E-state index contributed by atoms with van der Waals surface area (Å²) in [6.45, 7) is 2.23. The van der Waals surface area contributed by atoms with Gasteiger partial charge in [0.25, 0.3) is 0 Å². The van der Waals surface area contributed by atoms with Crippen molar-refractivity contribution in [2.45, 2.75) is 6.54 Å². The van der Waals surface area contributed by atoms with Crippen molar-refractivity contribution in [3.05, 3.63) is 47.2 Å². The first-order valence-corrected chi connectivity index (χ1v) is 6.44. The molecule has 0 saturated heterocycles. The zero-order valence-corrected chi connectivity index (χ0v) is 11.5. The zero-order valence-electron chi connectivity index (χ0n) is 10.8. The Morgan fingerprint density at radius 3 is 2.63 bits per heavy atom. The number of benzene rings is 1. The average Bonchev–Trinajstić information content (AvgIpc) is 2.45. The number of hydrogen-bond acceptors (Lipinski definition) is 4. The summed E-state index contributed by atoms with van der Waals surface area (Å²) in [5.74, 6) is 0.645. The smallest absolute Gasteiger partial charge is 0.160 e. The van der Waals surface area contributed by atoms with Crippen LogP contribution in [0.15, 0.2) is 36.7 Å². The number of hydrogen-bond donors (Lipinski definition) is 1. The molecule has 0 saturated carbocycles. The van der Waals surface area contributed by atoms with Gasteiger partial charge in [0.2, 0.25) is 0 Å². The summed E-state index contributed by atoms with van der Waals surface area (Å²) in [5, 5.41) is 3.90. The van der Waals surface area contributed by atoms with Gasteiger partial charge in [0.15, 0.2) is 5.82 Å². The van der Waals surface area contributed by atoms with Gasteiger partial charge in [-0.2, -0.15) is 0 Å². The van der Waals surface area contributed by atoms with E-state index in [0.29, 0.717) is 17.5 Å². The summed E-state index contributed by atoms with van der Waals surface area (Å²) < 4.78 is 4.96. The maximum atomic E-state index is 6.11. The number of aromatic nitrogens is 2. The Hall–Kier alpha value is -1.49. The van der Waals surface area contributed by atoms with E-state index in [1.165, 1.54) is 0 Å². The Kier molecular flexibility index (Phi) is 5.27. The standard InChI is InChI=1S/C14H16ClN3O/c1-19-7-6-16-8-11-9-17-14(18-10-11)12-4-2-3-5-13(12)15/h2-5,9-10,16H,6-8H2,1H3. The third-order valence-electron chi connectivity index (χ3n) is 2.63. The maximum absolute atomic E-state index is 6.11. The quantitative estimate of drug-likeness (QED) is 0.825. The Morgan fingerprint density at radius 1 is 1.21 bits per heavy atom. The Bertz CT molecular complexity index is 516. The van der Waals surface area contributed by atoms with Gasteiger partial charge in [-0.3, -0.25) is 0 Å². The molecular formula is C14H16ClN3O. The number of rotatable bonds is 6. The van der Waals surface area contributed by atoms with Crippen LogP contribution in [0.5, 0.6) is 0 Å². The molecule has 0 atom stereocenters. The van der Waals surface area contributed by atoms with E-state index in [1.807, 2.05) is 36.7 Å². The van der Waals surface area contributed by atoms with Crippen LogP contribution in [-0.2, 0) is 11.3 Å². The maximum Gasteiger partial charge on any atom is 0.160 e. The lowest BCUT2D eigenvalue weighted by Crippen LogP contribution is -2.18. The molecule has 1 heterocycles. The molecule has 100 valence electrons. The van der Waals surface area contributed by atoms with Gasteiger partial charge in [-0.25, -0.2) is 9.97 Å². The van der Waals surface area contributed by atoms with Gasteiger partial charge in [0, 0.05) is 43.7 Å². The van der Waals surface area contributed by atoms with Crippen molar-refractivity contribution in [1.29, 1.82) is 0 Å². The van der Waals surface area contributed by atoms with Crippen LogP contribution in [-0.4, -0.2) is 30.2 Å². The fraction of sp³-hybridized carbons (Fsp3) is 0.286. The van der Waals surface area contributed by atoms with Crippen LogP contribution in [0.1, 0.15) is 5.56 Å². The first-order chi connectivity index (χ1) is 9.31. The fourth-order valence-corrected chi connectivity index (χ4v) is 1.85. The van der Waals surface area contributed by atoms with Crippen molar-refractivity contribution in [3.63, 3.8) is 0 Å². The summed E-state index contributed by atoms with van der Waals surface area (Å²) in [6.07, 6.45) is 3.62. The van der Waals surface area contributed by atoms with Crippen molar-refractivity contribution in [3.8, 4) is 11.4 Å². The molecule has 4 nitrogen and oxygen atoms in total. The Morgan fingerprint density at radius 2 is 1.95 bits per heavy atom. The molecule has 0 aliphatic heterocycles. The monoisotopic (exact) mass is 277 g/mol. The molecule has 19 heavy (non-hydrogen) atoms. The topological polar surface area (TPSA) is 47.0 Å². The highest BCUT2D eigenvalue weighted by atomic mass is 35.5. The van der Waals surface area contributed by atoms with Crippen molar-refractivity contribution in [1.82, 2.24) is 15.3 Å². The van der Waals surface area contributed by atoms with Gasteiger partial charge < -0.3 is 10.1 Å². The van der Waals surface area contributed by atoms with E-state index < -0.39 is 0 Å². The summed E-state index contributed by atoms with van der Waals surface area (Å²) >= 11 is 6.11. The van der Waals surface area contributed by atoms with Crippen LogP contribution in [0.4, 0.5) is 0 Å². The lowest BCUT2D eigenvalue weighted by molar-refractivity contribution is 0.199. The Labute approximate surface area is 117 Å². The number of methoxy groups -OCH3 is 1. The van der Waals surface area contributed by atoms with Crippen molar-refractivity contribution < 1.29 is 4.74 Å². The van der Waals surface area contributed by atoms with E-state index in [-0.39, 0.29) is 0 Å². The van der Waals surface area contributed by atoms with Crippen LogP contribution < -0.4 is 5.32 Å². The normalized spacial score (nSPS) is 10.6. The second kappa shape index (κ2) is 7.19. The van der Waals surface area contributed by atoms with E-state index in [2.05, 4.69) is 15.3 Å². The van der Waals surface area contributed by atoms with E-state index in [1.54, 1.807) is 7.11 Å². The second-order valence-corrected chi connectivity index (χ2v) is 4.47. The minimum Gasteiger partial charge on any atom is -0.383 e. The van der Waals surface area contributed by atoms with Crippen LogP contribution in [0.3, 0.4) is 0 Å². The largest absolute Gasteiger partial charge is 0.383 e. The molecule has 1 aromatic heterocycles. The van der Waals surface area contributed by atoms with Crippen molar-refractivity contribution >= 4 is 11.6 Å². The highest BCUT2D eigenvalue weighted by Gasteiger charge is 2.05. The highest BCUT2D eigenvalue weighted by Crippen LogP contribution is 2.23. The molecule has 0 amide bonds. The molecule has 0 radical (unpaired) electrons. The van der Waals surface area contributed by atoms with Crippen molar-refractivity contribution in [2.24, 2.45) is 0 Å². The molecule has 2 aromatic rings. The molecule has 0 spiro atoms. The van der Waals surface area contributed by atoms with Gasteiger partial charge in [0.05, 0.1) is 11.6 Å². The predicted octanol–water partition coefficient (Wildman–Crippen LogP) is 2.53. The number of nitrogens with one attached hydrogen (secondary N) is 1. The molecular weight excluding hydrogens is 262 g/mol. The Balaban J connectivity index is 2.01. The molecule has 0 aliphatic rings. The molecule has 1 aromatic carbocycles. The van der Waals surface area contributed by atoms with Crippen LogP contribution >= 0.6 is 11.6 Å². The predicted molar refractivity (Wildman–Crippen MR) is 76.1 cm³/mol. The van der Waals surface area contributed by atoms with Crippen LogP contribution in [0.2, 0.25) is 5.02 Å².